The number of hydrogen-bond acceptors (Lipinski definition) is 9. The Morgan fingerprint density at radius 2 is 0.900 bits per heavy atom. The molecule has 0 saturated heterocycles. The van der Waals surface area contributed by atoms with Crippen molar-refractivity contribution in [1.82, 2.24) is 0 Å². The van der Waals surface area contributed by atoms with Gasteiger partial charge in [0.1, 0.15) is 0 Å². The van der Waals surface area contributed by atoms with Gasteiger partial charge in [0.2, 0.25) is 0 Å². The van der Waals surface area contributed by atoms with Gasteiger partial charge in [-0.15, -0.1) is 0 Å². The molecule has 15 heteroatoms. The van der Waals surface area contributed by atoms with Crippen molar-refractivity contribution in [2.75, 3.05) is 19.8 Å². The lowest BCUT2D eigenvalue weighted by Crippen LogP contribution is -2.36. The summed E-state index contributed by atoms with van der Waals surface area (Å²) in [6.07, 6.45) is 0. The van der Waals surface area contributed by atoms with Gasteiger partial charge in [-0.05, 0) is 0 Å². The fourth-order valence-corrected chi connectivity index (χ4v) is 2.08. The molecule has 0 bridgehead atoms. The van der Waals surface area contributed by atoms with Crippen LogP contribution in [0.1, 0.15) is 6.92 Å². The first-order chi connectivity index (χ1) is 8.62. The maximum absolute atomic E-state index is 10.4. The van der Waals surface area contributed by atoms with Crippen molar-refractivity contribution < 1.29 is 51.5 Å². The van der Waals surface area contributed by atoms with Crippen molar-refractivity contribution in [2.45, 2.75) is 6.92 Å². The predicted octanol–water partition coefficient (Wildman–Crippen LogP) is -1.55. The summed E-state index contributed by atoms with van der Waals surface area (Å²) in [6, 6.07) is 0. The predicted molar refractivity (Wildman–Crippen MR) is 60.6 cm³/mol. The Kier molecular flexibility index (Phi) is 6.45. The molecule has 0 aliphatic heterocycles. The zero-order valence-electron chi connectivity index (χ0n) is 9.86. The maximum atomic E-state index is 10.4. The van der Waals surface area contributed by atoms with Crippen LogP contribution in [0.4, 0.5) is 0 Å². The van der Waals surface area contributed by atoms with E-state index in [-0.39, 0.29) is 0 Å². The van der Waals surface area contributed by atoms with Crippen LogP contribution in [0.2, 0.25) is 0 Å². The Labute approximate surface area is 115 Å². The van der Waals surface area contributed by atoms with Gasteiger partial charge < -0.3 is 0 Å². The van der Waals surface area contributed by atoms with Gasteiger partial charge >= 0.3 is 31.2 Å². The molecule has 0 amide bonds. The van der Waals surface area contributed by atoms with Crippen molar-refractivity contribution in [1.29, 1.82) is 0 Å². The molecule has 0 spiro atoms. The van der Waals surface area contributed by atoms with E-state index in [4.69, 9.17) is 13.7 Å². The lowest BCUT2D eigenvalue weighted by atomic mass is 9.95. The third-order valence-corrected chi connectivity index (χ3v) is 2.92. The van der Waals surface area contributed by atoms with E-state index < -0.39 is 56.4 Å². The van der Waals surface area contributed by atoms with Crippen molar-refractivity contribution in [3.8, 4) is 0 Å². The minimum absolute atomic E-state index is 0.961. The summed E-state index contributed by atoms with van der Waals surface area (Å²) < 4.78 is 99.3. The molecular weight excluding hydrogens is 348 g/mol. The van der Waals surface area contributed by atoms with E-state index in [0.29, 0.717) is 0 Å². The Hall–Kier alpha value is -0.390. The molecule has 12 nitrogen and oxygen atoms in total. The lowest BCUT2D eigenvalue weighted by Gasteiger charge is -2.26. The fourth-order valence-electron chi connectivity index (χ4n) is 0.775. The topological polar surface area (TPSA) is 191 Å². The first-order valence-electron chi connectivity index (χ1n) is 4.47. The Bertz CT molecular complexity index is 524. The molecular formula is C5H12O12S3. The van der Waals surface area contributed by atoms with Crippen molar-refractivity contribution in [2.24, 2.45) is 5.41 Å². The summed E-state index contributed by atoms with van der Waals surface area (Å²) in [5.41, 5.74) is -1.76. The van der Waals surface area contributed by atoms with Gasteiger partial charge in [0.05, 0.1) is 19.8 Å². The van der Waals surface area contributed by atoms with Crippen LogP contribution < -0.4 is 0 Å². The van der Waals surface area contributed by atoms with Crippen LogP contribution in [0.25, 0.3) is 0 Å². The van der Waals surface area contributed by atoms with E-state index in [1.807, 2.05) is 0 Å². The van der Waals surface area contributed by atoms with E-state index in [1.54, 1.807) is 0 Å². The molecule has 0 radical (unpaired) electrons. The second-order valence-electron chi connectivity index (χ2n) is 3.88. The highest BCUT2D eigenvalue weighted by Crippen LogP contribution is 2.21. The molecule has 0 saturated carbocycles. The molecule has 0 aliphatic rings. The Balaban J connectivity index is 4.92. The van der Waals surface area contributed by atoms with Crippen LogP contribution >= 0.6 is 0 Å². The number of rotatable bonds is 9. The summed E-state index contributed by atoms with van der Waals surface area (Å²) in [5, 5.41) is 0. The van der Waals surface area contributed by atoms with Gasteiger partial charge in [0, 0.05) is 5.41 Å². The fraction of sp³-hybridized carbons (Fsp3) is 1.00. The smallest absolute Gasteiger partial charge is 0.264 e. The highest BCUT2D eigenvalue weighted by atomic mass is 32.3. The average Bonchev–Trinajstić information content (AvgIpc) is 2.18. The van der Waals surface area contributed by atoms with E-state index in [9.17, 15) is 25.3 Å². The SMILES string of the molecule is CC(COS(=O)(=O)O)(COS(=O)(=O)O)COS(=O)(=O)O. The minimum Gasteiger partial charge on any atom is -0.264 e. The zero-order valence-corrected chi connectivity index (χ0v) is 12.3. The van der Waals surface area contributed by atoms with Gasteiger partial charge in [-0.1, -0.05) is 6.92 Å². The molecule has 0 atom stereocenters. The molecule has 0 aromatic rings. The van der Waals surface area contributed by atoms with Gasteiger partial charge in [0.15, 0.2) is 0 Å². The van der Waals surface area contributed by atoms with Gasteiger partial charge in [-0.3, -0.25) is 13.7 Å². The molecule has 0 heterocycles. The third kappa shape index (κ3) is 11.4. The second-order valence-corrected chi connectivity index (χ2v) is 7.15. The van der Waals surface area contributed by atoms with Crippen LogP contribution in [0.5, 0.6) is 0 Å². The summed E-state index contributed by atoms with van der Waals surface area (Å²) in [6.45, 7) is -1.85. The molecule has 122 valence electrons. The Morgan fingerprint density at radius 3 is 1.05 bits per heavy atom. The minimum atomic E-state index is -4.90. The standard InChI is InChI=1S/C5H12O12S3/c1-5(2-15-18(6,7)8,3-16-19(9,10)11)4-17-20(12,13)14/h2-4H2,1H3,(H,6,7,8)(H,9,10,11)(H,12,13,14). The van der Waals surface area contributed by atoms with Gasteiger partial charge in [0.25, 0.3) is 0 Å². The lowest BCUT2D eigenvalue weighted by molar-refractivity contribution is 0.0422. The average molecular weight is 360 g/mol. The van der Waals surface area contributed by atoms with Crippen molar-refractivity contribution in [3.05, 3.63) is 0 Å². The molecule has 0 unspecified atom stereocenters. The van der Waals surface area contributed by atoms with E-state index in [1.165, 1.54) is 0 Å². The summed E-state index contributed by atoms with van der Waals surface area (Å²) >= 11 is 0. The van der Waals surface area contributed by atoms with E-state index >= 15 is 0 Å². The molecule has 20 heavy (non-hydrogen) atoms. The summed E-state index contributed by atoms with van der Waals surface area (Å²) in [5.74, 6) is 0. The second kappa shape index (κ2) is 6.58. The molecule has 3 N–H and O–H groups in total. The van der Waals surface area contributed by atoms with Gasteiger partial charge in [-0.25, -0.2) is 12.5 Å². The zero-order chi connectivity index (χ0) is 16.2. The van der Waals surface area contributed by atoms with Crippen molar-refractivity contribution in [3.63, 3.8) is 0 Å². The first-order valence-corrected chi connectivity index (χ1v) is 8.57. The van der Waals surface area contributed by atoms with Crippen LogP contribution in [0.15, 0.2) is 0 Å². The molecule has 0 aromatic heterocycles. The summed E-state index contributed by atoms with van der Waals surface area (Å²) in [4.78, 5) is 0. The highest BCUT2D eigenvalue weighted by Gasteiger charge is 2.32. The third-order valence-electron chi connectivity index (χ3n) is 1.67. The molecule has 0 rings (SSSR count). The monoisotopic (exact) mass is 360 g/mol. The van der Waals surface area contributed by atoms with Crippen molar-refractivity contribution >= 4 is 31.2 Å². The Morgan fingerprint density at radius 1 is 0.700 bits per heavy atom. The van der Waals surface area contributed by atoms with Crippen LogP contribution in [0.3, 0.4) is 0 Å². The maximum Gasteiger partial charge on any atom is 0.397 e. The van der Waals surface area contributed by atoms with Crippen LogP contribution in [-0.4, -0.2) is 58.7 Å². The highest BCUT2D eigenvalue weighted by molar-refractivity contribution is 7.81. The molecule has 0 fully saturated rings. The largest absolute Gasteiger partial charge is 0.397 e. The normalized spacial score (nSPS) is 14.4. The first kappa shape index (κ1) is 19.6. The quantitative estimate of drug-likeness (QED) is 0.402. The van der Waals surface area contributed by atoms with E-state index in [2.05, 4.69) is 12.5 Å². The number of hydrogen-bond donors (Lipinski definition) is 3. The van der Waals surface area contributed by atoms with E-state index in [0.717, 1.165) is 6.92 Å². The summed E-state index contributed by atoms with van der Waals surface area (Å²) in [7, 11) is -14.7. The van der Waals surface area contributed by atoms with Crippen LogP contribution in [0, 0.1) is 5.41 Å². The molecule has 0 aromatic carbocycles. The molecule has 0 aliphatic carbocycles. The van der Waals surface area contributed by atoms with Crippen LogP contribution in [-0.2, 0) is 43.7 Å². The van der Waals surface area contributed by atoms with Gasteiger partial charge in [-0.2, -0.15) is 25.3 Å².